The van der Waals surface area contributed by atoms with Crippen LogP contribution < -0.4 is 10.5 Å². The normalized spacial score (nSPS) is 15.0. The Morgan fingerprint density at radius 3 is 2.73 bits per heavy atom. The van der Waals surface area contributed by atoms with Crippen LogP contribution in [0.3, 0.4) is 0 Å². The van der Waals surface area contributed by atoms with Crippen LogP contribution in [0, 0.1) is 12.7 Å². The molecule has 0 radical (unpaired) electrons. The van der Waals surface area contributed by atoms with Gasteiger partial charge in [0.2, 0.25) is 5.91 Å². The van der Waals surface area contributed by atoms with Crippen LogP contribution in [0.1, 0.15) is 12.1 Å². The van der Waals surface area contributed by atoms with Crippen molar-refractivity contribution in [2.45, 2.75) is 18.5 Å². The van der Waals surface area contributed by atoms with Crippen LogP contribution in [-0.4, -0.2) is 52.7 Å². The number of aryl methyl sites for hydroxylation is 1. The molecule has 0 unspecified atom stereocenters. The number of H-pyrrole nitrogens is 1. The van der Waals surface area contributed by atoms with Gasteiger partial charge in [0, 0.05) is 43.6 Å². The largest absolute Gasteiger partial charge is 0.370 e. The molecule has 1 aromatic carbocycles. The van der Waals surface area contributed by atoms with E-state index in [-0.39, 0.29) is 23.0 Å². The minimum Gasteiger partial charge on any atom is -0.370 e. The number of rotatable bonds is 4. The van der Waals surface area contributed by atoms with Gasteiger partial charge in [-0.1, -0.05) is 11.8 Å². The lowest BCUT2D eigenvalue weighted by Crippen LogP contribution is -2.36. The molecule has 1 aliphatic rings. The summed E-state index contributed by atoms with van der Waals surface area (Å²) in [5.41, 5.74) is 1.39. The van der Waals surface area contributed by atoms with Gasteiger partial charge in [-0.25, -0.2) is 9.37 Å². The van der Waals surface area contributed by atoms with Gasteiger partial charge in [-0.15, -0.1) is 0 Å². The number of benzene rings is 1. The third-order valence-corrected chi connectivity index (χ3v) is 5.08. The summed E-state index contributed by atoms with van der Waals surface area (Å²) >= 11 is 1.24. The fourth-order valence-electron chi connectivity index (χ4n) is 2.92. The van der Waals surface area contributed by atoms with Gasteiger partial charge >= 0.3 is 0 Å². The van der Waals surface area contributed by atoms with Crippen molar-refractivity contribution in [2.75, 3.05) is 36.8 Å². The maximum Gasteiger partial charge on any atom is 0.251 e. The van der Waals surface area contributed by atoms with E-state index in [0.29, 0.717) is 30.5 Å². The van der Waals surface area contributed by atoms with Crippen LogP contribution >= 0.6 is 11.8 Å². The zero-order valence-electron chi connectivity index (χ0n) is 14.6. The maximum absolute atomic E-state index is 13.1. The molecular formula is C18H21FN4O2S. The maximum atomic E-state index is 13.1. The fourth-order valence-corrected chi connectivity index (χ4v) is 3.74. The molecule has 1 aliphatic heterocycles. The number of carbonyl (C=O) groups excluding carboxylic acids is 1. The van der Waals surface area contributed by atoms with Crippen LogP contribution in [0.4, 0.5) is 10.1 Å². The molecule has 1 N–H and O–H groups in total. The number of halogens is 1. The Hall–Kier alpha value is -2.35. The van der Waals surface area contributed by atoms with Crippen LogP contribution in [0.5, 0.6) is 0 Å². The molecule has 1 amide bonds. The number of aromatic nitrogens is 2. The molecule has 0 spiro atoms. The molecule has 1 saturated heterocycles. The highest BCUT2D eigenvalue weighted by molar-refractivity contribution is 7.99. The average molecular weight is 376 g/mol. The first-order chi connectivity index (χ1) is 12.5. The molecule has 2 aromatic rings. The lowest BCUT2D eigenvalue weighted by molar-refractivity contribution is -0.128. The molecule has 6 nitrogen and oxygen atoms in total. The number of nitrogens with one attached hydrogen (secondary N) is 1. The number of amides is 1. The van der Waals surface area contributed by atoms with Crippen LogP contribution in [-0.2, 0) is 4.79 Å². The Morgan fingerprint density at radius 2 is 2.00 bits per heavy atom. The predicted octanol–water partition coefficient (Wildman–Crippen LogP) is 2.05. The lowest BCUT2D eigenvalue weighted by Gasteiger charge is -2.23. The quantitative estimate of drug-likeness (QED) is 0.653. The van der Waals surface area contributed by atoms with E-state index in [1.54, 1.807) is 19.1 Å². The van der Waals surface area contributed by atoms with Crippen LogP contribution in [0.25, 0.3) is 0 Å². The Labute approximate surface area is 155 Å². The molecule has 3 rings (SSSR count). The van der Waals surface area contributed by atoms with Crippen molar-refractivity contribution in [3.63, 3.8) is 0 Å². The second-order valence-corrected chi connectivity index (χ2v) is 7.14. The monoisotopic (exact) mass is 376 g/mol. The van der Waals surface area contributed by atoms with Gasteiger partial charge in [-0.2, -0.15) is 0 Å². The summed E-state index contributed by atoms with van der Waals surface area (Å²) < 4.78 is 13.1. The molecule has 8 heteroatoms. The number of aromatic amines is 1. The predicted molar refractivity (Wildman–Crippen MR) is 100 cm³/mol. The van der Waals surface area contributed by atoms with Gasteiger partial charge in [-0.3, -0.25) is 9.59 Å². The Kier molecular flexibility index (Phi) is 5.92. The standard InChI is InChI=1S/C18H21FN4O2S/c1-13-11-16(24)21-18(20-13)26-12-17(25)23-8-2-7-22(9-10-23)15-5-3-14(19)4-6-15/h3-6,11H,2,7-10,12H2,1H3,(H,20,21,24). The average Bonchev–Trinajstić information content (AvgIpc) is 2.86. The van der Waals surface area contributed by atoms with Crippen molar-refractivity contribution in [1.82, 2.24) is 14.9 Å². The van der Waals surface area contributed by atoms with Gasteiger partial charge in [0.25, 0.3) is 5.56 Å². The number of hydrogen-bond acceptors (Lipinski definition) is 5. The molecule has 0 aliphatic carbocycles. The summed E-state index contributed by atoms with van der Waals surface area (Å²) in [6.45, 7) is 4.60. The summed E-state index contributed by atoms with van der Waals surface area (Å²) in [5, 5.41) is 0.464. The summed E-state index contributed by atoms with van der Waals surface area (Å²) in [4.78, 5) is 34.8. The first kappa shape index (κ1) is 18.4. The van der Waals surface area contributed by atoms with Gasteiger partial charge in [0.15, 0.2) is 5.16 Å². The topological polar surface area (TPSA) is 69.3 Å². The van der Waals surface area contributed by atoms with E-state index in [4.69, 9.17) is 0 Å². The molecule has 0 bridgehead atoms. The first-order valence-electron chi connectivity index (χ1n) is 8.50. The number of thioether (sulfide) groups is 1. The Balaban J connectivity index is 1.55. The van der Waals surface area contributed by atoms with E-state index in [0.717, 1.165) is 18.7 Å². The first-order valence-corrected chi connectivity index (χ1v) is 9.49. The number of carbonyl (C=O) groups is 1. The summed E-state index contributed by atoms with van der Waals surface area (Å²) in [6.07, 6.45) is 0.854. The molecular weight excluding hydrogens is 355 g/mol. The Bertz CT molecular complexity index is 825. The number of anilines is 1. The van der Waals surface area contributed by atoms with E-state index >= 15 is 0 Å². The summed E-state index contributed by atoms with van der Waals surface area (Å²) in [7, 11) is 0. The second-order valence-electron chi connectivity index (χ2n) is 6.18. The van der Waals surface area contributed by atoms with Crippen molar-refractivity contribution < 1.29 is 9.18 Å². The van der Waals surface area contributed by atoms with E-state index < -0.39 is 0 Å². The zero-order valence-corrected chi connectivity index (χ0v) is 15.4. The smallest absolute Gasteiger partial charge is 0.251 e. The van der Waals surface area contributed by atoms with Gasteiger partial charge in [-0.05, 0) is 37.6 Å². The third-order valence-electron chi connectivity index (χ3n) is 4.22. The summed E-state index contributed by atoms with van der Waals surface area (Å²) in [6, 6.07) is 7.86. The van der Waals surface area contributed by atoms with Crippen molar-refractivity contribution in [3.05, 3.63) is 52.2 Å². The van der Waals surface area contributed by atoms with E-state index in [1.165, 1.54) is 30.0 Å². The van der Waals surface area contributed by atoms with Gasteiger partial charge in [0.1, 0.15) is 5.82 Å². The molecule has 138 valence electrons. The highest BCUT2D eigenvalue weighted by atomic mass is 32.2. The molecule has 0 atom stereocenters. The SMILES string of the molecule is Cc1cc(=O)[nH]c(SCC(=O)N2CCCN(c3ccc(F)cc3)CC2)n1. The van der Waals surface area contributed by atoms with Crippen LogP contribution in [0.15, 0.2) is 40.3 Å². The minimum absolute atomic E-state index is 0.0279. The molecule has 26 heavy (non-hydrogen) atoms. The van der Waals surface area contributed by atoms with Crippen molar-refractivity contribution >= 4 is 23.4 Å². The van der Waals surface area contributed by atoms with Crippen molar-refractivity contribution in [2.24, 2.45) is 0 Å². The fraction of sp³-hybridized carbons (Fsp3) is 0.389. The molecule has 2 heterocycles. The molecule has 1 fully saturated rings. The van der Waals surface area contributed by atoms with Gasteiger partial charge in [0.05, 0.1) is 5.75 Å². The lowest BCUT2D eigenvalue weighted by atomic mass is 10.2. The van der Waals surface area contributed by atoms with E-state index in [9.17, 15) is 14.0 Å². The molecule has 1 aromatic heterocycles. The van der Waals surface area contributed by atoms with Crippen LogP contribution in [0.2, 0.25) is 0 Å². The Morgan fingerprint density at radius 1 is 1.23 bits per heavy atom. The highest BCUT2D eigenvalue weighted by Crippen LogP contribution is 2.18. The van der Waals surface area contributed by atoms with Gasteiger partial charge < -0.3 is 14.8 Å². The minimum atomic E-state index is -0.250. The second kappa shape index (κ2) is 8.35. The third kappa shape index (κ3) is 4.85. The number of nitrogens with zero attached hydrogens (tertiary/aromatic N) is 3. The highest BCUT2D eigenvalue weighted by Gasteiger charge is 2.19. The number of hydrogen-bond donors (Lipinski definition) is 1. The molecule has 0 saturated carbocycles. The van der Waals surface area contributed by atoms with E-state index in [2.05, 4.69) is 14.9 Å². The van der Waals surface area contributed by atoms with E-state index in [1.807, 2.05) is 4.90 Å². The summed E-state index contributed by atoms with van der Waals surface area (Å²) in [5.74, 6) is 0.0171. The zero-order chi connectivity index (χ0) is 18.5. The van der Waals surface area contributed by atoms with Crippen molar-refractivity contribution in [3.8, 4) is 0 Å². The van der Waals surface area contributed by atoms with Crippen molar-refractivity contribution in [1.29, 1.82) is 0 Å².